The SMILES string of the molecule is CN1CCN(Nc2nccnc2C#N)CC1. The van der Waals surface area contributed by atoms with E-state index >= 15 is 0 Å². The lowest BCUT2D eigenvalue weighted by Crippen LogP contribution is -2.47. The fourth-order valence-corrected chi connectivity index (χ4v) is 1.57. The molecule has 0 atom stereocenters. The third kappa shape index (κ3) is 2.45. The van der Waals surface area contributed by atoms with Crippen LogP contribution in [-0.2, 0) is 0 Å². The second-order valence-corrected chi connectivity index (χ2v) is 3.77. The van der Waals surface area contributed by atoms with E-state index in [2.05, 4.69) is 32.4 Å². The molecule has 1 aromatic heterocycles. The van der Waals surface area contributed by atoms with Gasteiger partial charge in [-0.15, -0.1) is 0 Å². The molecule has 0 radical (unpaired) electrons. The molecule has 1 aliphatic heterocycles. The first kappa shape index (κ1) is 10.8. The van der Waals surface area contributed by atoms with Gasteiger partial charge in [0, 0.05) is 38.6 Å². The molecule has 0 saturated carbocycles. The Morgan fingerprint density at radius 1 is 1.25 bits per heavy atom. The van der Waals surface area contributed by atoms with Gasteiger partial charge in [-0.3, -0.25) is 0 Å². The maximum absolute atomic E-state index is 8.87. The molecule has 0 amide bonds. The van der Waals surface area contributed by atoms with Gasteiger partial charge in [-0.25, -0.2) is 15.0 Å². The lowest BCUT2D eigenvalue weighted by Gasteiger charge is -2.32. The summed E-state index contributed by atoms with van der Waals surface area (Å²) >= 11 is 0. The molecule has 6 heteroatoms. The summed E-state index contributed by atoms with van der Waals surface area (Å²) in [6.07, 6.45) is 3.10. The van der Waals surface area contributed by atoms with Gasteiger partial charge in [0.25, 0.3) is 0 Å². The molecule has 0 aliphatic carbocycles. The van der Waals surface area contributed by atoms with E-state index in [1.54, 1.807) is 6.20 Å². The van der Waals surface area contributed by atoms with Crippen LogP contribution < -0.4 is 5.43 Å². The van der Waals surface area contributed by atoms with Gasteiger partial charge in [-0.1, -0.05) is 0 Å². The molecule has 2 heterocycles. The molecule has 0 unspecified atom stereocenters. The summed E-state index contributed by atoms with van der Waals surface area (Å²) < 4.78 is 0. The van der Waals surface area contributed by atoms with Crippen LogP contribution in [0.5, 0.6) is 0 Å². The van der Waals surface area contributed by atoms with Crippen LogP contribution in [0.2, 0.25) is 0 Å². The number of nitrogens with zero attached hydrogens (tertiary/aromatic N) is 5. The number of nitrogens with one attached hydrogen (secondary N) is 1. The number of aromatic nitrogens is 2. The lowest BCUT2D eigenvalue weighted by molar-refractivity contribution is 0.178. The summed E-state index contributed by atoms with van der Waals surface area (Å²) in [7, 11) is 2.10. The Hall–Kier alpha value is -1.71. The predicted octanol–water partition coefficient (Wildman–Crippen LogP) is -0.0774. The first-order valence-electron chi connectivity index (χ1n) is 5.21. The Bertz CT molecular complexity index is 391. The third-order valence-electron chi connectivity index (χ3n) is 2.57. The number of rotatable bonds is 2. The minimum atomic E-state index is 0.335. The normalized spacial score (nSPS) is 18.0. The molecule has 1 saturated heterocycles. The molecule has 2 rings (SSSR count). The number of hydrogen-bond donors (Lipinski definition) is 1. The first-order chi connectivity index (χ1) is 7.79. The van der Waals surface area contributed by atoms with E-state index in [4.69, 9.17) is 5.26 Å². The van der Waals surface area contributed by atoms with Crippen molar-refractivity contribution in [2.24, 2.45) is 0 Å². The standard InChI is InChI=1S/C10H14N6/c1-15-4-6-16(7-5-15)14-10-9(8-11)12-2-3-13-10/h2-3H,4-7H2,1H3,(H,13,14). The maximum Gasteiger partial charge on any atom is 0.184 e. The van der Waals surface area contributed by atoms with E-state index in [9.17, 15) is 0 Å². The van der Waals surface area contributed by atoms with Crippen LogP contribution in [0.3, 0.4) is 0 Å². The Balaban J connectivity index is 2.01. The number of hydrazine groups is 1. The van der Waals surface area contributed by atoms with Crippen LogP contribution in [0.4, 0.5) is 5.82 Å². The highest BCUT2D eigenvalue weighted by Crippen LogP contribution is 2.09. The van der Waals surface area contributed by atoms with E-state index in [-0.39, 0.29) is 0 Å². The summed E-state index contributed by atoms with van der Waals surface area (Å²) in [5.41, 5.74) is 3.47. The number of anilines is 1. The highest BCUT2D eigenvalue weighted by atomic mass is 15.5. The zero-order valence-electron chi connectivity index (χ0n) is 9.22. The molecular formula is C10H14N6. The Morgan fingerprint density at radius 3 is 2.62 bits per heavy atom. The molecule has 1 aliphatic rings. The zero-order chi connectivity index (χ0) is 11.4. The fraction of sp³-hybridized carbons (Fsp3) is 0.500. The Labute approximate surface area is 94.5 Å². The molecule has 0 spiro atoms. The average Bonchev–Trinajstić information content (AvgIpc) is 2.33. The third-order valence-corrected chi connectivity index (χ3v) is 2.57. The van der Waals surface area contributed by atoms with Gasteiger partial charge in [0.2, 0.25) is 0 Å². The van der Waals surface area contributed by atoms with Crippen LogP contribution in [0.1, 0.15) is 5.69 Å². The van der Waals surface area contributed by atoms with E-state index in [0.29, 0.717) is 11.5 Å². The molecule has 16 heavy (non-hydrogen) atoms. The van der Waals surface area contributed by atoms with Gasteiger partial charge in [-0.2, -0.15) is 5.26 Å². The van der Waals surface area contributed by atoms with Crippen LogP contribution >= 0.6 is 0 Å². The smallest absolute Gasteiger partial charge is 0.184 e. The number of likely N-dealkylation sites (N-methyl/N-ethyl adjacent to an activating group) is 1. The molecular weight excluding hydrogens is 204 g/mol. The first-order valence-corrected chi connectivity index (χ1v) is 5.21. The molecule has 0 bridgehead atoms. The molecule has 6 nitrogen and oxygen atoms in total. The minimum absolute atomic E-state index is 0.335. The van der Waals surface area contributed by atoms with Crippen molar-refractivity contribution in [2.75, 3.05) is 38.7 Å². The molecule has 1 aromatic rings. The van der Waals surface area contributed by atoms with Gasteiger partial charge < -0.3 is 10.3 Å². The highest BCUT2D eigenvalue weighted by Gasteiger charge is 2.15. The summed E-state index contributed by atoms with van der Waals surface area (Å²) in [6, 6.07) is 2.02. The largest absolute Gasteiger partial charge is 0.304 e. The van der Waals surface area contributed by atoms with Crippen LogP contribution in [-0.4, -0.2) is 53.1 Å². The van der Waals surface area contributed by atoms with Crippen molar-refractivity contribution in [3.8, 4) is 6.07 Å². The van der Waals surface area contributed by atoms with Crippen molar-refractivity contribution in [3.63, 3.8) is 0 Å². The van der Waals surface area contributed by atoms with Crippen LogP contribution in [0.25, 0.3) is 0 Å². The quantitative estimate of drug-likeness (QED) is 0.749. The average molecular weight is 218 g/mol. The van der Waals surface area contributed by atoms with Crippen LogP contribution in [0.15, 0.2) is 12.4 Å². The summed E-state index contributed by atoms with van der Waals surface area (Å²) in [6.45, 7) is 3.85. The molecule has 1 N–H and O–H groups in total. The molecule has 84 valence electrons. The molecule has 0 aromatic carbocycles. The summed E-state index contributed by atoms with van der Waals surface area (Å²) in [4.78, 5) is 10.3. The minimum Gasteiger partial charge on any atom is -0.304 e. The topological polar surface area (TPSA) is 68.1 Å². The van der Waals surface area contributed by atoms with Crippen molar-refractivity contribution in [1.29, 1.82) is 5.26 Å². The van der Waals surface area contributed by atoms with Gasteiger partial charge in [0.1, 0.15) is 6.07 Å². The Kier molecular flexibility index (Phi) is 3.29. The van der Waals surface area contributed by atoms with Gasteiger partial charge in [-0.05, 0) is 7.05 Å². The van der Waals surface area contributed by atoms with Gasteiger partial charge in [0.05, 0.1) is 0 Å². The second kappa shape index (κ2) is 4.88. The summed E-state index contributed by atoms with van der Waals surface area (Å²) in [5, 5.41) is 10.9. The van der Waals surface area contributed by atoms with Crippen molar-refractivity contribution in [3.05, 3.63) is 18.1 Å². The van der Waals surface area contributed by atoms with E-state index in [1.807, 2.05) is 6.07 Å². The monoisotopic (exact) mass is 218 g/mol. The number of nitriles is 1. The van der Waals surface area contributed by atoms with Gasteiger partial charge >= 0.3 is 0 Å². The van der Waals surface area contributed by atoms with Crippen molar-refractivity contribution in [1.82, 2.24) is 19.9 Å². The zero-order valence-corrected chi connectivity index (χ0v) is 9.22. The van der Waals surface area contributed by atoms with Gasteiger partial charge in [0.15, 0.2) is 11.5 Å². The fourth-order valence-electron chi connectivity index (χ4n) is 1.57. The predicted molar refractivity (Wildman–Crippen MR) is 59.4 cm³/mol. The van der Waals surface area contributed by atoms with E-state index < -0.39 is 0 Å². The second-order valence-electron chi connectivity index (χ2n) is 3.77. The van der Waals surface area contributed by atoms with Crippen molar-refractivity contribution >= 4 is 5.82 Å². The van der Waals surface area contributed by atoms with Crippen LogP contribution in [0, 0.1) is 11.3 Å². The lowest BCUT2D eigenvalue weighted by atomic mass is 10.4. The molecule has 1 fully saturated rings. The maximum atomic E-state index is 8.87. The van der Waals surface area contributed by atoms with E-state index in [0.717, 1.165) is 26.2 Å². The van der Waals surface area contributed by atoms with Crippen molar-refractivity contribution < 1.29 is 0 Å². The Morgan fingerprint density at radius 2 is 1.94 bits per heavy atom. The highest BCUT2D eigenvalue weighted by molar-refractivity contribution is 5.45. The van der Waals surface area contributed by atoms with E-state index in [1.165, 1.54) is 6.20 Å². The van der Waals surface area contributed by atoms with Crippen molar-refractivity contribution in [2.45, 2.75) is 0 Å². The number of piperazine rings is 1. The summed E-state index contributed by atoms with van der Waals surface area (Å²) in [5.74, 6) is 0.537. The number of hydrogen-bond acceptors (Lipinski definition) is 6.